The maximum Gasteiger partial charge on any atom is 0.303 e. The van der Waals surface area contributed by atoms with Gasteiger partial charge in [0.15, 0.2) is 5.65 Å². The van der Waals surface area contributed by atoms with Crippen LogP contribution in [0.25, 0.3) is 5.65 Å². The van der Waals surface area contributed by atoms with E-state index < -0.39 is 5.97 Å². The first kappa shape index (κ1) is 11.9. The van der Waals surface area contributed by atoms with Crippen LogP contribution in [0.3, 0.4) is 0 Å². The zero-order valence-electron chi connectivity index (χ0n) is 9.60. The second kappa shape index (κ2) is 4.33. The topological polar surface area (TPSA) is 111 Å². The number of carboxylic acids is 1. The minimum absolute atomic E-state index is 0.122. The number of nitrogens with zero attached hydrogens (tertiary/aromatic N) is 3. The van der Waals surface area contributed by atoms with Crippen LogP contribution in [0.2, 0.25) is 0 Å². The van der Waals surface area contributed by atoms with Crippen molar-refractivity contribution in [3.8, 4) is 6.07 Å². The summed E-state index contributed by atoms with van der Waals surface area (Å²) in [7, 11) is 0. The maximum atomic E-state index is 12.1. The fourth-order valence-electron chi connectivity index (χ4n) is 1.76. The molecule has 0 saturated carbocycles. The smallest absolute Gasteiger partial charge is 0.303 e. The standard InChI is InChI=1S/C11H10N4O3/c1-6-8(2-3-9(16)17)11(18)15-10(14-6)7(4-12)5-13-15/h5,13H,2-3H2,1H3,(H,16,17). The van der Waals surface area contributed by atoms with E-state index in [4.69, 9.17) is 10.4 Å². The predicted octanol–water partition coefficient (Wildman–Crippen LogP) is 0.220. The zero-order chi connectivity index (χ0) is 13.3. The normalized spacial score (nSPS) is 10.4. The van der Waals surface area contributed by atoms with E-state index in [2.05, 4.69) is 10.1 Å². The van der Waals surface area contributed by atoms with Crippen molar-refractivity contribution >= 4 is 11.6 Å². The van der Waals surface area contributed by atoms with Gasteiger partial charge in [0.2, 0.25) is 0 Å². The number of nitrogens with one attached hydrogen (secondary N) is 1. The second-order valence-electron chi connectivity index (χ2n) is 3.83. The van der Waals surface area contributed by atoms with Gasteiger partial charge < -0.3 is 5.11 Å². The molecule has 0 radical (unpaired) electrons. The summed E-state index contributed by atoms with van der Waals surface area (Å²) in [5, 5.41) is 20.1. The van der Waals surface area contributed by atoms with Gasteiger partial charge in [-0.25, -0.2) is 9.50 Å². The van der Waals surface area contributed by atoms with Crippen LogP contribution in [-0.4, -0.2) is 25.7 Å². The van der Waals surface area contributed by atoms with Crippen molar-refractivity contribution in [2.24, 2.45) is 0 Å². The average Bonchev–Trinajstić information content (AvgIpc) is 2.71. The van der Waals surface area contributed by atoms with E-state index in [9.17, 15) is 9.59 Å². The van der Waals surface area contributed by atoms with Crippen LogP contribution in [0.15, 0.2) is 11.0 Å². The van der Waals surface area contributed by atoms with Gasteiger partial charge in [-0.05, 0) is 13.3 Å². The molecule has 0 unspecified atom stereocenters. The van der Waals surface area contributed by atoms with E-state index in [0.29, 0.717) is 11.3 Å². The molecule has 0 aliphatic heterocycles. The van der Waals surface area contributed by atoms with E-state index in [0.717, 1.165) is 4.52 Å². The van der Waals surface area contributed by atoms with Crippen molar-refractivity contribution in [3.05, 3.63) is 33.4 Å². The minimum atomic E-state index is -0.969. The van der Waals surface area contributed by atoms with Crippen LogP contribution in [0, 0.1) is 18.3 Å². The monoisotopic (exact) mass is 246 g/mol. The summed E-state index contributed by atoms with van der Waals surface area (Å²) in [6.07, 6.45) is 1.39. The fourth-order valence-corrected chi connectivity index (χ4v) is 1.76. The van der Waals surface area contributed by atoms with Crippen molar-refractivity contribution in [1.82, 2.24) is 14.6 Å². The van der Waals surface area contributed by atoms with Gasteiger partial charge in [0.05, 0.1) is 0 Å². The second-order valence-corrected chi connectivity index (χ2v) is 3.83. The Bertz CT molecular complexity index is 720. The summed E-state index contributed by atoms with van der Waals surface area (Å²) in [6.45, 7) is 1.63. The number of fused-ring (bicyclic) bond motifs is 1. The highest BCUT2D eigenvalue weighted by atomic mass is 16.4. The highest BCUT2D eigenvalue weighted by Crippen LogP contribution is 2.09. The first-order valence-electron chi connectivity index (χ1n) is 5.26. The van der Waals surface area contributed by atoms with Gasteiger partial charge in [-0.1, -0.05) is 0 Å². The molecule has 0 aliphatic carbocycles. The molecule has 7 heteroatoms. The number of rotatable bonds is 3. The lowest BCUT2D eigenvalue weighted by Crippen LogP contribution is -2.22. The number of H-pyrrole nitrogens is 1. The van der Waals surface area contributed by atoms with Crippen molar-refractivity contribution < 1.29 is 9.90 Å². The lowest BCUT2D eigenvalue weighted by atomic mass is 10.1. The molecule has 0 bridgehead atoms. The maximum absolute atomic E-state index is 12.1. The highest BCUT2D eigenvalue weighted by molar-refractivity contribution is 5.67. The molecular formula is C11H10N4O3. The molecule has 92 valence electrons. The Morgan fingerprint density at radius 3 is 3.00 bits per heavy atom. The summed E-state index contributed by atoms with van der Waals surface area (Å²) in [5.74, 6) is -0.969. The first-order valence-corrected chi connectivity index (χ1v) is 5.26. The Morgan fingerprint density at radius 2 is 2.39 bits per heavy atom. The number of aromatic amines is 1. The van der Waals surface area contributed by atoms with Crippen molar-refractivity contribution in [2.45, 2.75) is 19.8 Å². The molecule has 0 spiro atoms. The molecule has 2 aromatic rings. The zero-order valence-corrected chi connectivity index (χ0v) is 9.60. The predicted molar refractivity (Wildman–Crippen MR) is 61.2 cm³/mol. The number of aliphatic carboxylic acids is 1. The Kier molecular flexibility index (Phi) is 2.85. The van der Waals surface area contributed by atoms with E-state index >= 15 is 0 Å². The molecule has 18 heavy (non-hydrogen) atoms. The Morgan fingerprint density at radius 1 is 1.67 bits per heavy atom. The highest BCUT2D eigenvalue weighted by Gasteiger charge is 2.14. The number of nitriles is 1. The molecule has 2 heterocycles. The third-order valence-corrected chi connectivity index (χ3v) is 2.67. The quantitative estimate of drug-likeness (QED) is 0.804. The van der Waals surface area contributed by atoms with Crippen LogP contribution in [-0.2, 0) is 11.2 Å². The van der Waals surface area contributed by atoms with E-state index in [-0.39, 0.29) is 29.6 Å². The van der Waals surface area contributed by atoms with Gasteiger partial charge in [0, 0.05) is 23.9 Å². The van der Waals surface area contributed by atoms with Gasteiger partial charge in [-0.15, -0.1) is 0 Å². The molecule has 0 aliphatic rings. The fraction of sp³-hybridized carbons (Fsp3) is 0.273. The van der Waals surface area contributed by atoms with Crippen molar-refractivity contribution in [1.29, 1.82) is 5.26 Å². The molecule has 0 fully saturated rings. The largest absolute Gasteiger partial charge is 0.481 e. The van der Waals surface area contributed by atoms with Gasteiger partial charge in [0.1, 0.15) is 11.6 Å². The van der Waals surface area contributed by atoms with Crippen LogP contribution in [0.1, 0.15) is 23.2 Å². The summed E-state index contributed by atoms with van der Waals surface area (Å²) < 4.78 is 1.16. The van der Waals surface area contributed by atoms with Crippen LogP contribution >= 0.6 is 0 Å². The molecule has 0 atom stereocenters. The Balaban J connectivity index is 2.60. The number of aromatic nitrogens is 3. The van der Waals surface area contributed by atoms with Crippen LogP contribution in [0.4, 0.5) is 0 Å². The third-order valence-electron chi connectivity index (χ3n) is 2.67. The third kappa shape index (κ3) is 1.84. The first-order chi connectivity index (χ1) is 8.54. The van der Waals surface area contributed by atoms with Crippen LogP contribution < -0.4 is 5.56 Å². The number of hydrogen-bond acceptors (Lipinski definition) is 4. The van der Waals surface area contributed by atoms with Crippen molar-refractivity contribution in [2.75, 3.05) is 0 Å². The summed E-state index contributed by atoms with van der Waals surface area (Å²) in [5.41, 5.74) is 0.984. The summed E-state index contributed by atoms with van der Waals surface area (Å²) in [6, 6.07) is 1.93. The Labute approximate surface area is 101 Å². The van der Waals surface area contributed by atoms with Gasteiger partial charge in [-0.3, -0.25) is 14.7 Å². The molecule has 0 amide bonds. The number of hydrogen-bond donors (Lipinski definition) is 2. The minimum Gasteiger partial charge on any atom is -0.481 e. The summed E-state index contributed by atoms with van der Waals surface area (Å²) in [4.78, 5) is 26.8. The number of carbonyl (C=O) groups is 1. The van der Waals surface area contributed by atoms with E-state index in [1.807, 2.05) is 6.07 Å². The van der Waals surface area contributed by atoms with E-state index in [1.165, 1.54) is 6.20 Å². The molecule has 0 aromatic carbocycles. The number of aryl methyl sites for hydroxylation is 1. The Hall–Kier alpha value is -2.62. The molecule has 2 aromatic heterocycles. The van der Waals surface area contributed by atoms with Gasteiger partial charge in [-0.2, -0.15) is 5.26 Å². The SMILES string of the molecule is Cc1nc2c(C#N)c[nH]n2c(=O)c1CCC(=O)O. The molecule has 2 N–H and O–H groups in total. The summed E-state index contributed by atoms with van der Waals surface area (Å²) >= 11 is 0. The van der Waals surface area contributed by atoms with Gasteiger partial charge in [0.25, 0.3) is 5.56 Å². The lowest BCUT2D eigenvalue weighted by molar-refractivity contribution is -0.136. The molecular weight excluding hydrogens is 236 g/mol. The molecule has 0 saturated heterocycles. The van der Waals surface area contributed by atoms with Gasteiger partial charge >= 0.3 is 5.97 Å². The average molecular weight is 246 g/mol. The van der Waals surface area contributed by atoms with Crippen molar-refractivity contribution in [3.63, 3.8) is 0 Å². The van der Waals surface area contributed by atoms with E-state index in [1.54, 1.807) is 6.92 Å². The lowest BCUT2D eigenvalue weighted by Gasteiger charge is -2.03. The molecule has 7 nitrogen and oxygen atoms in total. The number of carboxylic acid groups (broad SMARTS) is 1. The van der Waals surface area contributed by atoms with Crippen LogP contribution in [0.5, 0.6) is 0 Å². The molecule has 2 rings (SSSR count).